The third kappa shape index (κ3) is 4.50. The van der Waals surface area contributed by atoms with E-state index in [1.54, 1.807) is 31.4 Å². The second kappa shape index (κ2) is 7.70. The largest absolute Gasteiger partial charge is 0.496 e. The standard InChI is InChI=1S/C19H21NO5/c1-19(2,15-6-4-5-7-16(15)24-3)18(23)20-13-8-10-14(11-9-13)25-12-17(21)22/h4-11H,12H2,1-3H3,(H,20,23)(H,21,22). The van der Waals surface area contributed by atoms with Gasteiger partial charge < -0.3 is 19.9 Å². The Morgan fingerprint density at radius 2 is 1.72 bits per heavy atom. The molecule has 0 aliphatic carbocycles. The number of ether oxygens (including phenoxy) is 2. The number of hydrogen-bond donors (Lipinski definition) is 2. The van der Waals surface area contributed by atoms with Crippen molar-refractivity contribution in [3.63, 3.8) is 0 Å². The van der Waals surface area contributed by atoms with E-state index in [1.165, 1.54) is 0 Å². The summed E-state index contributed by atoms with van der Waals surface area (Å²) < 4.78 is 10.4. The number of methoxy groups -OCH3 is 1. The molecule has 0 saturated heterocycles. The Balaban J connectivity index is 2.11. The summed E-state index contributed by atoms with van der Waals surface area (Å²) in [5, 5.41) is 11.5. The van der Waals surface area contributed by atoms with Crippen LogP contribution in [0.25, 0.3) is 0 Å². The molecule has 0 aromatic heterocycles. The van der Waals surface area contributed by atoms with Crippen molar-refractivity contribution in [2.45, 2.75) is 19.3 Å². The highest BCUT2D eigenvalue weighted by atomic mass is 16.5. The van der Waals surface area contributed by atoms with Crippen molar-refractivity contribution >= 4 is 17.6 Å². The van der Waals surface area contributed by atoms with Gasteiger partial charge in [-0.15, -0.1) is 0 Å². The zero-order valence-electron chi connectivity index (χ0n) is 14.4. The Labute approximate surface area is 146 Å². The molecule has 2 aromatic carbocycles. The number of para-hydroxylation sites is 1. The number of rotatable bonds is 7. The van der Waals surface area contributed by atoms with E-state index >= 15 is 0 Å². The molecule has 0 radical (unpaired) electrons. The van der Waals surface area contributed by atoms with Crippen LogP contribution in [0.5, 0.6) is 11.5 Å². The van der Waals surface area contributed by atoms with Crippen LogP contribution in [0.2, 0.25) is 0 Å². The minimum absolute atomic E-state index is 0.184. The summed E-state index contributed by atoms with van der Waals surface area (Å²) in [6.45, 7) is 3.24. The summed E-state index contributed by atoms with van der Waals surface area (Å²) >= 11 is 0. The molecular formula is C19H21NO5. The number of aliphatic carboxylic acids is 1. The molecule has 0 atom stereocenters. The van der Waals surface area contributed by atoms with E-state index in [2.05, 4.69) is 5.32 Å². The third-order valence-corrected chi connectivity index (χ3v) is 3.82. The van der Waals surface area contributed by atoms with Crippen molar-refractivity contribution in [1.82, 2.24) is 0 Å². The lowest BCUT2D eigenvalue weighted by atomic mass is 9.83. The van der Waals surface area contributed by atoms with E-state index in [4.69, 9.17) is 14.6 Å². The van der Waals surface area contributed by atoms with E-state index in [0.29, 0.717) is 17.2 Å². The van der Waals surface area contributed by atoms with Gasteiger partial charge in [0, 0.05) is 11.3 Å². The minimum Gasteiger partial charge on any atom is -0.496 e. The lowest BCUT2D eigenvalue weighted by Gasteiger charge is -2.26. The molecular weight excluding hydrogens is 322 g/mol. The zero-order valence-corrected chi connectivity index (χ0v) is 14.4. The Kier molecular flexibility index (Phi) is 5.64. The van der Waals surface area contributed by atoms with Gasteiger partial charge in [0.15, 0.2) is 6.61 Å². The highest BCUT2D eigenvalue weighted by Crippen LogP contribution is 2.32. The first kappa shape index (κ1) is 18.3. The number of carboxylic acid groups (broad SMARTS) is 1. The zero-order chi connectivity index (χ0) is 18.4. The molecule has 0 fully saturated rings. The Morgan fingerprint density at radius 3 is 2.32 bits per heavy atom. The van der Waals surface area contributed by atoms with Crippen molar-refractivity contribution in [2.24, 2.45) is 0 Å². The predicted octanol–water partition coefficient (Wildman–Crippen LogP) is 3.07. The fourth-order valence-corrected chi connectivity index (χ4v) is 2.35. The summed E-state index contributed by atoms with van der Waals surface area (Å²) in [5.74, 6) is -0.156. The smallest absolute Gasteiger partial charge is 0.341 e. The van der Waals surface area contributed by atoms with Crippen LogP contribution in [-0.2, 0) is 15.0 Å². The van der Waals surface area contributed by atoms with Crippen LogP contribution in [0.1, 0.15) is 19.4 Å². The summed E-state index contributed by atoms with van der Waals surface area (Å²) in [6, 6.07) is 13.9. The molecule has 0 heterocycles. The minimum atomic E-state index is -1.05. The molecule has 2 N–H and O–H groups in total. The van der Waals surface area contributed by atoms with Gasteiger partial charge in [-0.05, 0) is 44.2 Å². The lowest BCUT2D eigenvalue weighted by molar-refractivity contribution is -0.139. The average Bonchev–Trinajstić information content (AvgIpc) is 2.60. The molecule has 1 amide bonds. The van der Waals surface area contributed by atoms with Gasteiger partial charge in [-0.1, -0.05) is 18.2 Å². The molecule has 2 rings (SSSR count). The Morgan fingerprint density at radius 1 is 1.08 bits per heavy atom. The monoisotopic (exact) mass is 343 g/mol. The highest BCUT2D eigenvalue weighted by molar-refractivity contribution is 5.99. The lowest BCUT2D eigenvalue weighted by Crippen LogP contribution is -2.35. The molecule has 132 valence electrons. The molecule has 2 aromatic rings. The fraction of sp³-hybridized carbons (Fsp3) is 0.263. The maximum atomic E-state index is 12.7. The van der Waals surface area contributed by atoms with Crippen LogP contribution in [0.3, 0.4) is 0 Å². The quantitative estimate of drug-likeness (QED) is 0.807. The van der Waals surface area contributed by atoms with Gasteiger partial charge in [0.2, 0.25) is 5.91 Å². The van der Waals surface area contributed by atoms with E-state index < -0.39 is 18.0 Å². The van der Waals surface area contributed by atoms with E-state index in [9.17, 15) is 9.59 Å². The summed E-state index contributed by atoms with van der Waals surface area (Å²) in [5.41, 5.74) is 0.581. The predicted molar refractivity (Wildman–Crippen MR) is 94.2 cm³/mol. The van der Waals surface area contributed by atoms with Crippen LogP contribution in [-0.4, -0.2) is 30.7 Å². The van der Waals surface area contributed by atoms with Crippen LogP contribution >= 0.6 is 0 Å². The molecule has 0 saturated carbocycles. The van der Waals surface area contributed by atoms with Crippen molar-refractivity contribution in [1.29, 1.82) is 0 Å². The number of hydrogen-bond acceptors (Lipinski definition) is 4. The average molecular weight is 343 g/mol. The second-order valence-electron chi connectivity index (χ2n) is 5.99. The van der Waals surface area contributed by atoms with Gasteiger partial charge in [-0.2, -0.15) is 0 Å². The molecule has 0 spiro atoms. The molecule has 0 aliphatic heterocycles. The SMILES string of the molecule is COc1ccccc1C(C)(C)C(=O)Nc1ccc(OCC(=O)O)cc1. The molecule has 6 heteroatoms. The van der Waals surface area contributed by atoms with E-state index in [-0.39, 0.29) is 5.91 Å². The Bertz CT molecular complexity index is 753. The first-order valence-electron chi connectivity index (χ1n) is 7.74. The van der Waals surface area contributed by atoms with Gasteiger partial charge in [-0.25, -0.2) is 4.79 Å². The van der Waals surface area contributed by atoms with E-state index in [0.717, 1.165) is 5.56 Å². The number of carbonyl (C=O) groups is 2. The first-order chi connectivity index (χ1) is 11.8. The molecule has 0 bridgehead atoms. The van der Waals surface area contributed by atoms with Gasteiger partial charge in [-0.3, -0.25) is 4.79 Å². The van der Waals surface area contributed by atoms with Crippen molar-refractivity contribution in [2.75, 3.05) is 19.0 Å². The summed E-state index contributed by atoms with van der Waals surface area (Å²) in [6.07, 6.45) is 0. The fourth-order valence-electron chi connectivity index (χ4n) is 2.35. The first-order valence-corrected chi connectivity index (χ1v) is 7.74. The number of anilines is 1. The van der Waals surface area contributed by atoms with E-state index in [1.807, 2.05) is 38.1 Å². The maximum absolute atomic E-state index is 12.7. The third-order valence-electron chi connectivity index (χ3n) is 3.82. The second-order valence-corrected chi connectivity index (χ2v) is 5.99. The van der Waals surface area contributed by atoms with Gasteiger partial charge in [0.25, 0.3) is 0 Å². The topological polar surface area (TPSA) is 84.9 Å². The number of carboxylic acids is 1. The van der Waals surface area contributed by atoms with Crippen molar-refractivity contribution < 1.29 is 24.2 Å². The van der Waals surface area contributed by atoms with Gasteiger partial charge >= 0.3 is 5.97 Å². The summed E-state index contributed by atoms with van der Waals surface area (Å²) in [4.78, 5) is 23.2. The molecule has 0 unspecified atom stereocenters. The van der Waals surface area contributed by atoms with Crippen LogP contribution in [0.15, 0.2) is 48.5 Å². The van der Waals surface area contributed by atoms with Crippen LogP contribution in [0, 0.1) is 0 Å². The number of nitrogens with one attached hydrogen (secondary N) is 1. The Hall–Kier alpha value is -3.02. The van der Waals surface area contributed by atoms with Crippen LogP contribution < -0.4 is 14.8 Å². The van der Waals surface area contributed by atoms with Gasteiger partial charge in [0.05, 0.1) is 12.5 Å². The highest BCUT2D eigenvalue weighted by Gasteiger charge is 2.32. The molecule has 0 aliphatic rings. The number of benzene rings is 2. The van der Waals surface area contributed by atoms with Crippen LogP contribution in [0.4, 0.5) is 5.69 Å². The van der Waals surface area contributed by atoms with Crippen molar-refractivity contribution in [3.8, 4) is 11.5 Å². The normalized spacial score (nSPS) is 10.8. The number of carbonyl (C=O) groups excluding carboxylic acids is 1. The van der Waals surface area contributed by atoms with Gasteiger partial charge in [0.1, 0.15) is 11.5 Å². The maximum Gasteiger partial charge on any atom is 0.341 e. The molecule has 6 nitrogen and oxygen atoms in total. The molecule has 25 heavy (non-hydrogen) atoms. The number of amides is 1. The van der Waals surface area contributed by atoms with Crippen molar-refractivity contribution in [3.05, 3.63) is 54.1 Å². The summed E-state index contributed by atoms with van der Waals surface area (Å²) in [7, 11) is 1.57.